The number of ether oxygens (including phenoxy) is 2. The van der Waals surface area contributed by atoms with Gasteiger partial charge in [0.15, 0.2) is 11.5 Å². The van der Waals surface area contributed by atoms with Gasteiger partial charge >= 0.3 is 0 Å². The number of methoxy groups -OCH3 is 1. The molecule has 0 saturated carbocycles. The van der Waals surface area contributed by atoms with Gasteiger partial charge in [0.25, 0.3) is 5.91 Å². The summed E-state index contributed by atoms with van der Waals surface area (Å²) in [6, 6.07) is 23.0. The van der Waals surface area contributed by atoms with E-state index < -0.39 is 0 Å². The molecule has 4 rings (SSSR count). The largest absolute Gasteiger partial charge is 0.493 e. The molecule has 1 amide bonds. The van der Waals surface area contributed by atoms with Crippen LogP contribution in [0.25, 0.3) is 11.0 Å². The molecule has 0 aliphatic rings. The molecule has 1 unspecified atom stereocenters. The zero-order valence-electron chi connectivity index (χ0n) is 19.2. The summed E-state index contributed by atoms with van der Waals surface area (Å²) >= 11 is 0. The molecule has 0 bridgehead atoms. The van der Waals surface area contributed by atoms with E-state index in [-0.39, 0.29) is 11.9 Å². The molecule has 0 aliphatic carbocycles. The monoisotopic (exact) mass is 443 g/mol. The van der Waals surface area contributed by atoms with E-state index in [0.29, 0.717) is 12.2 Å². The molecule has 0 spiro atoms. The predicted molar refractivity (Wildman–Crippen MR) is 130 cm³/mol. The third-order valence-corrected chi connectivity index (χ3v) is 5.59. The number of carbonyl (C=O) groups excluding carboxylic acids is 1. The van der Waals surface area contributed by atoms with Gasteiger partial charge in [0.1, 0.15) is 5.82 Å². The maximum Gasteiger partial charge on any atom is 0.251 e. The van der Waals surface area contributed by atoms with E-state index >= 15 is 0 Å². The Labute approximate surface area is 194 Å². The minimum Gasteiger partial charge on any atom is -0.493 e. The van der Waals surface area contributed by atoms with Crippen LogP contribution in [0.3, 0.4) is 0 Å². The normalized spacial score (nSPS) is 11.8. The van der Waals surface area contributed by atoms with Gasteiger partial charge in [-0.05, 0) is 56.7 Å². The standard InChI is InChI=1S/C27H29N3O3/c1-19-13-15-21(16-14-19)27(31)28-20(2)26-29-22-9-4-5-10-23(22)30(26)17-8-18-33-25-12-7-6-11-24(25)32-3/h4-7,9-16,20H,8,17-18H2,1-3H3,(H,28,31). The Morgan fingerprint density at radius 3 is 2.45 bits per heavy atom. The van der Waals surface area contributed by atoms with Crippen molar-refractivity contribution in [2.45, 2.75) is 32.9 Å². The van der Waals surface area contributed by atoms with Crippen molar-refractivity contribution in [3.63, 3.8) is 0 Å². The van der Waals surface area contributed by atoms with Gasteiger partial charge in [0.2, 0.25) is 0 Å². The van der Waals surface area contributed by atoms with Gasteiger partial charge in [0.05, 0.1) is 30.8 Å². The molecule has 1 N–H and O–H groups in total. The third-order valence-electron chi connectivity index (χ3n) is 5.59. The number of fused-ring (bicyclic) bond motifs is 1. The first-order valence-corrected chi connectivity index (χ1v) is 11.2. The van der Waals surface area contributed by atoms with Crippen molar-refractivity contribution in [2.75, 3.05) is 13.7 Å². The van der Waals surface area contributed by atoms with Crippen LogP contribution < -0.4 is 14.8 Å². The van der Waals surface area contributed by atoms with Crippen LogP contribution in [0.5, 0.6) is 11.5 Å². The molecule has 6 nitrogen and oxygen atoms in total. The third kappa shape index (κ3) is 5.17. The average molecular weight is 444 g/mol. The molecular formula is C27H29N3O3. The second kappa shape index (κ2) is 10.2. The van der Waals surface area contributed by atoms with E-state index in [4.69, 9.17) is 14.5 Å². The van der Waals surface area contributed by atoms with E-state index in [9.17, 15) is 4.79 Å². The minimum atomic E-state index is -0.249. The van der Waals surface area contributed by atoms with Crippen molar-refractivity contribution in [3.05, 3.63) is 89.7 Å². The summed E-state index contributed by atoms with van der Waals surface area (Å²) in [6.45, 7) is 5.23. The Morgan fingerprint density at radius 1 is 1.00 bits per heavy atom. The molecule has 1 aromatic heterocycles. The quantitative estimate of drug-likeness (QED) is 0.356. The van der Waals surface area contributed by atoms with E-state index in [1.165, 1.54) is 0 Å². The number of imidazole rings is 1. The fourth-order valence-corrected chi connectivity index (χ4v) is 3.85. The van der Waals surface area contributed by atoms with Crippen LogP contribution >= 0.6 is 0 Å². The molecule has 0 saturated heterocycles. The summed E-state index contributed by atoms with van der Waals surface area (Å²) in [7, 11) is 1.64. The highest BCUT2D eigenvalue weighted by Crippen LogP contribution is 2.26. The van der Waals surface area contributed by atoms with Gasteiger partial charge in [-0.25, -0.2) is 4.98 Å². The molecule has 3 aromatic carbocycles. The van der Waals surface area contributed by atoms with Gasteiger partial charge in [0, 0.05) is 12.1 Å². The van der Waals surface area contributed by atoms with Crippen LogP contribution in [0.15, 0.2) is 72.8 Å². The fraction of sp³-hybridized carbons (Fsp3) is 0.259. The number of hydrogen-bond acceptors (Lipinski definition) is 4. The van der Waals surface area contributed by atoms with Crippen molar-refractivity contribution < 1.29 is 14.3 Å². The number of amides is 1. The Hall–Kier alpha value is -3.80. The highest BCUT2D eigenvalue weighted by molar-refractivity contribution is 5.94. The van der Waals surface area contributed by atoms with E-state index in [1.807, 2.05) is 80.6 Å². The van der Waals surface area contributed by atoms with Crippen LogP contribution in [-0.2, 0) is 6.54 Å². The van der Waals surface area contributed by atoms with Crippen molar-refractivity contribution in [1.29, 1.82) is 0 Å². The Balaban J connectivity index is 1.48. The molecular weight excluding hydrogens is 414 g/mol. The smallest absolute Gasteiger partial charge is 0.251 e. The summed E-state index contributed by atoms with van der Waals surface area (Å²) < 4.78 is 13.5. The maximum atomic E-state index is 12.8. The zero-order valence-corrected chi connectivity index (χ0v) is 19.2. The topological polar surface area (TPSA) is 65.4 Å². The molecule has 0 aliphatic heterocycles. The summed E-state index contributed by atoms with van der Waals surface area (Å²) in [6.07, 6.45) is 0.782. The number of para-hydroxylation sites is 4. The first kappa shape index (κ1) is 22.4. The van der Waals surface area contributed by atoms with Gasteiger partial charge in [-0.1, -0.05) is 42.0 Å². The second-order valence-electron chi connectivity index (χ2n) is 8.02. The van der Waals surface area contributed by atoms with Crippen molar-refractivity contribution in [1.82, 2.24) is 14.9 Å². The number of rotatable bonds is 9. The fourth-order valence-electron chi connectivity index (χ4n) is 3.85. The lowest BCUT2D eigenvalue weighted by Gasteiger charge is -2.17. The lowest BCUT2D eigenvalue weighted by atomic mass is 10.1. The predicted octanol–water partition coefficient (Wildman–Crippen LogP) is 5.31. The molecule has 1 heterocycles. The Morgan fingerprint density at radius 2 is 1.70 bits per heavy atom. The first-order valence-electron chi connectivity index (χ1n) is 11.2. The first-order chi connectivity index (χ1) is 16.1. The number of aryl methyl sites for hydroxylation is 2. The molecule has 0 radical (unpaired) electrons. The van der Waals surface area contributed by atoms with Crippen LogP contribution in [0.2, 0.25) is 0 Å². The van der Waals surface area contributed by atoms with Crippen molar-refractivity contribution in [2.24, 2.45) is 0 Å². The van der Waals surface area contributed by atoms with Crippen LogP contribution in [0, 0.1) is 6.92 Å². The Bertz CT molecular complexity index is 1230. The highest BCUT2D eigenvalue weighted by atomic mass is 16.5. The number of nitrogens with one attached hydrogen (secondary N) is 1. The number of carbonyl (C=O) groups is 1. The summed E-state index contributed by atoms with van der Waals surface area (Å²) in [5.74, 6) is 2.17. The van der Waals surface area contributed by atoms with Gasteiger partial charge < -0.3 is 19.4 Å². The molecule has 170 valence electrons. The van der Waals surface area contributed by atoms with E-state index in [1.54, 1.807) is 7.11 Å². The molecule has 33 heavy (non-hydrogen) atoms. The average Bonchev–Trinajstić information content (AvgIpc) is 3.21. The summed E-state index contributed by atoms with van der Waals surface area (Å²) in [4.78, 5) is 17.6. The number of aromatic nitrogens is 2. The highest BCUT2D eigenvalue weighted by Gasteiger charge is 2.19. The molecule has 1 atom stereocenters. The lowest BCUT2D eigenvalue weighted by molar-refractivity contribution is 0.0937. The number of hydrogen-bond donors (Lipinski definition) is 1. The Kier molecular flexibility index (Phi) is 6.93. The van der Waals surface area contributed by atoms with Crippen LogP contribution in [0.4, 0.5) is 0 Å². The van der Waals surface area contributed by atoms with E-state index in [0.717, 1.165) is 46.9 Å². The zero-order chi connectivity index (χ0) is 23.2. The summed E-state index contributed by atoms with van der Waals surface area (Å²) in [5.41, 5.74) is 3.72. The molecule has 4 aromatic rings. The van der Waals surface area contributed by atoms with E-state index in [2.05, 4.69) is 16.0 Å². The van der Waals surface area contributed by atoms with Gasteiger partial charge in [-0.3, -0.25) is 4.79 Å². The SMILES string of the molecule is COc1ccccc1OCCCn1c(C(C)NC(=O)c2ccc(C)cc2)nc2ccccc21. The van der Waals surface area contributed by atoms with Crippen LogP contribution in [-0.4, -0.2) is 29.2 Å². The lowest BCUT2D eigenvalue weighted by Crippen LogP contribution is -2.28. The summed E-state index contributed by atoms with van der Waals surface area (Å²) in [5, 5.41) is 3.09. The van der Waals surface area contributed by atoms with Crippen molar-refractivity contribution >= 4 is 16.9 Å². The van der Waals surface area contributed by atoms with Crippen molar-refractivity contribution in [3.8, 4) is 11.5 Å². The number of benzene rings is 3. The molecule has 0 fully saturated rings. The van der Waals surface area contributed by atoms with Gasteiger partial charge in [-0.2, -0.15) is 0 Å². The van der Waals surface area contributed by atoms with Gasteiger partial charge in [-0.15, -0.1) is 0 Å². The second-order valence-corrected chi connectivity index (χ2v) is 8.02. The maximum absolute atomic E-state index is 12.8. The number of nitrogens with zero attached hydrogens (tertiary/aromatic N) is 2. The van der Waals surface area contributed by atoms with Crippen LogP contribution in [0.1, 0.15) is 41.1 Å². The molecule has 6 heteroatoms. The minimum absolute atomic E-state index is 0.111.